The van der Waals surface area contributed by atoms with E-state index in [0.717, 1.165) is 57.6 Å². The Hall–Kier alpha value is -1.70. The smallest absolute Gasteiger partial charge is 0.276 e. The summed E-state index contributed by atoms with van der Waals surface area (Å²) < 4.78 is 5.41. The maximum absolute atomic E-state index is 12.1. The molecule has 2 saturated heterocycles. The predicted octanol–water partition coefficient (Wildman–Crippen LogP) is 1.44. The molecule has 2 fully saturated rings. The summed E-state index contributed by atoms with van der Waals surface area (Å²) in [6, 6.07) is 3.66. The van der Waals surface area contributed by atoms with Crippen molar-refractivity contribution in [2.45, 2.75) is 38.4 Å². The van der Waals surface area contributed by atoms with E-state index in [1.807, 2.05) is 6.07 Å². The molecular formula is C17H26N4O3. The first kappa shape index (κ1) is 17.1. The van der Waals surface area contributed by atoms with Crippen LogP contribution in [0.5, 0.6) is 0 Å². The van der Waals surface area contributed by atoms with Crippen LogP contribution in [-0.4, -0.2) is 43.4 Å². The fourth-order valence-electron chi connectivity index (χ4n) is 3.09. The van der Waals surface area contributed by atoms with Gasteiger partial charge in [0.05, 0.1) is 5.56 Å². The van der Waals surface area contributed by atoms with Crippen molar-refractivity contribution in [3.8, 4) is 0 Å². The van der Waals surface area contributed by atoms with Gasteiger partial charge < -0.3 is 15.4 Å². The van der Waals surface area contributed by atoms with E-state index < -0.39 is 0 Å². The first-order chi connectivity index (χ1) is 11.8. The van der Waals surface area contributed by atoms with E-state index >= 15 is 0 Å². The fraction of sp³-hybridized carbons (Fsp3) is 0.647. The molecule has 132 valence electrons. The number of rotatable bonds is 5. The fourth-order valence-corrected chi connectivity index (χ4v) is 3.09. The van der Waals surface area contributed by atoms with Crippen LogP contribution in [0.15, 0.2) is 18.3 Å². The summed E-state index contributed by atoms with van der Waals surface area (Å²) in [5.41, 5.74) is 8.65. The number of piperidine rings is 1. The molecule has 1 aromatic rings. The number of anilines is 1. The number of nitrogens with one attached hydrogen (secondary N) is 1. The second-order valence-corrected chi connectivity index (χ2v) is 6.42. The second kappa shape index (κ2) is 8.41. The lowest BCUT2D eigenvalue weighted by atomic mass is 9.97. The number of hydrogen-bond donors (Lipinski definition) is 2. The first-order valence-corrected chi connectivity index (χ1v) is 8.75. The number of ether oxygens (including phenoxy) is 1. The summed E-state index contributed by atoms with van der Waals surface area (Å²) in [6.45, 7) is 3.35. The van der Waals surface area contributed by atoms with Crippen molar-refractivity contribution in [1.29, 1.82) is 0 Å². The summed E-state index contributed by atoms with van der Waals surface area (Å²) in [4.78, 5) is 24.0. The Morgan fingerprint density at radius 2 is 2.17 bits per heavy atom. The van der Waals surface area contributed by atoms with Crippen molar-refractivity contribution < 1.29 is 14.4 Å². The Morgan fingerprint density at radius 1 is 1.33 bits per heavy atom. The minimum atomic E-state index is -0.348. The molecule has 1 aromatic heterocycles. The van der Waals surface area contributed by atoms with Gasteiger partial charge >= 0.3 is 0 Å². The quantitative estimate of drug-likeness (QED) is 0.792. The Labute approximate surface area is 142 Å². The Kier molecular flexibility index (Phi) is 6.01. The molecule has 3 N–H and O–H groups in total. The summed E-state index contributed by atoms with van der Waals surface area (Å²) in [5, 5.41) is 0. The molecule has 0 saturated carbocycles. The molecule has 0 aromatic carbocycles. The van der Waals surface area contributed by atoms with Crippen LogP contribution in [0.2, 0.25) is 0 Å². The minimum absolute atomic E-state index is 0.301. The summed E-state index contributed by atoms with van der Waals surface area (Å²) >= 11 is 0. The molecule has 0 spiro atoms. The predicted molar refractivity (Wildman–Crippen MR) is 90.4 cm³/mol. The van der Waals surface area contributed by atoms with Crippen LogP contribution in [0.4, 0.5) is 5.82 Å². The molecule has 3 rings (SSSR count). The average molecular weight is 334 g/mol. The number of pyridine rings is 1. The van der Waals surface area contributed by atoms with Gasteiger partial charge in [-0.05, 0) is 50.3 Å². The monoisotopic (exact) mass is 334 g/mol. The van der Waals surface area contributed by atoms with Gasteiger partial charge in [-0.1, -0.05) is 0 Å². The third kappa shape index (κ3) is 4.43. The Bertz CT molecular complexity index is 523. The molecular weight excluding hydrogens is 308 g/mol. The van der Waals surface area contributed by atoms with Gasteiger partial charge in [-0.15, -0.1) is 0 Å². The molecule has 1 amide bonds. The number of nitrogens with zero attached hydrogens (tertiary/aromatic N) is 2. The molecule has 0 aliphatic carbocycles. The highest BCUT2D eigenvalue weighted by Crippen LogP contribution is 2.21. The standard InChI is InChI=1S/C17H26N4O3/c18-11-13-6-8-21(9-7-13)15-5-4-14(12-19-15)17(22)20-24-16-3-1-2-10-23-16/h4-5,12-13,16H,1-3,6-11,18H2,(H,20,22). The van der Waals surface area contributed by atoms with Gasteiger partial charge in [0.2, 0.25) is 0 Å². The van der Waals surface area contributed by atoms with Gasteiger partial charge in [-0.25, -0.2) is 15.3 Å². The van der Waals surface area contributed by atoms with Gasteiger partial charge in [-0.2, -0.15) is 0 Å². The lowest BCUT2D eigenvalue weighted by Gasteiger charge is -2.32. The zero-order chi connectivity index (χ0) is 16.8. The normalized spacial score (nSPS) is 22.4. The van der Waals surface area contributed by atoms with Crippen LogP contribution in [0.25, 0.3) is 0 Å². The van der Waals surface area contributed by atoms with Crippen molar-refractivity contribution in [2.24, 2.45) is 11.7 Å². The molecule has 0 bridgehead atoms. The number of aromatic nitrogens is 1. The van der Waals surface area contributed by atoms with Crippen LogP contribution >= 0.6 is 0 Å². The van der Waals surface area contributed by atoms with E-state index in [1.165, 1.54) is 0 Å². The van der Waals surface area contributed by atoms with Crippen molar-refractivity contribution in [2.75, 3.05) is 31.1 Å². The number of hydrogen-bond acceptors (Lipinski definition) is 6. The van der Waals surface area contributed by atoms with Crippen LogP contribution in [0, 0.1) is 5.92 Å². The van der Waals surface area contributed by atoms with Gasteiger partial charge in [0.1, 0.15) is 5.82 Å². The highest BCUT2D eigenvalue weighted by Gasteiger charge is 2.20. The average Bonchev–Trinajstić information content (AvgIpc) is 2.67. The number of nitrogens with two attached hydrogens (primary N) is 1. The van der Waals surface area contributed by atoms with E-state index in [0.29, 0.717) is 18.1 Å². The van der Waals surface area contributed by atoms with E-state index in [2.05, 4.69) is 15.4 Å². The zero-order valence-electron chi connectivity index (χ0n) is 13.9. The molecule has 0 radical (unpaired) electrons. The van der Waals surface area contributed by atoms with Crippen LogP contribution < -0.4 is 16.1 Å². The highest BCUT2D eigenvalue weighted by molar-refractivity contribution is 5.93. The van der Waals surface area contributed by atoms with Gasteiger partial charge in [0, 0.05) is 32.3 Å². The van der Waals surface area contributed by atoms with Crippen molar-refractivity contribution in [1.82, 2.24) is 10.5 Å². The first-order valence-electron chi connectivity index (χ1n) is 8.75. The Balaban J connectivity index is 1.49. The number of carbonyl (C=O) groups excluding carboxylic acids is 1. The van der Waals surface area contributed by atoms with E-state index in [-0.39, 0.29) is 12.2 Å². The SMILES string of the molecule is NCC1CCN(c2ccc(C(=O)NOC3CCCCO3)cn2)CC1. The molecule has 24 heavy (non-hydrogen) atoms. The van der Waals surface area contributed by atoms with Gasteiger partial charge in [-0.3, -0.25) is 4.79 Å². The van der Waals surface area contributed by atoms with Crippen molar-refractivity contribution >= 4 is 11.7 Å². The number of hydroxylamine groups is 1. The lowest BCUT2D eigenvalue weighted by molar-refractivity contribution is -0.186. The van der Waals surface area contributed by atoms with Crippen LogP contribution in [0.1, 0.15) is 42.5 Å². The minimum Gasteiger partial charge on any atom is -0.357 e. The van der Waals surface area contributed by atoms with Crippen LogP contribution in [0.3, 0.4) is 0 Å². The lowest BCUT2D eigenvalue weighted by Crippen LogP contribution is -2.36. The highest BCUT2D eigenvalue weighted by atomic mass is 16.8. The maximum Gasteiger partial charge on any atom is 0.276 e. The van der Waals surface area contributed by atoms with Crippen molar-refractivity contribution in [3.05, 3.63) is 23.9 Å². The summed E-state index contributed by atoms with van der Waals surface area (Å²) in [7, 11) is 0. The molecule has 3 heterocycles. The van der Waals surface area contributed by atoms with Crippen LogP contribution in [-0.2, 0) is 9.57 Å². The van der Waals surface area contributed by atoms with E-state index in [4.69, 9.17) is 15.3 Å². The second-order valence-electron chi connectivity index (χ2n) is 6.42. The molecule has 1 unspecified atom stereocenters. The molecule has 2 aliphatic heterocycles. The van der Waals surface area contributed by atoms with E-state index in [1.54, 1.807) is 12.3 Å². The topological polar surface area (TPSA) is 89.7 Å². The maximum atomic E-state index is 12.1. The molecule has 1 atom stereocenters. The van der Waals surface area contributed by atoms with Gasteiger partial charge in [0.25, 0.3) is 5.91 Å². The zero-order valence-corrected chi connectivity index (χ0v) is 13.9. The number of amides is 1. The molecule has 7 heteroatoms. The molecule has 2 aliphatic rings. The van der Waals surface area contributed by atoms with E-state index in [9.17, 15) is 4.79 Å². The summed E-state index contributed by atoms with van der Waals surface area (Å²) in [6.07, 6.45) is 6.32. The third-order valence-electron chi connectivity index (χ3n) is 4.70. The largest absolute Gasteiger partial charge is 0.357 e. The number of carbonyl (C=O) groups is 1. The van der Waals surface area contributed by atoms with Gasteiger partial charge in [0.15, 0.2) is 6.29 Å². The molecule has 7 nitrogen and oxygen atoms in total. The Morgan fingerprint density at radius 3 is 2.79 bits per heavy atom. The summed E-state index contributed by atoms with van der Waals surface area (Å²) in [5.74, 6) is 1.22. The van der Waals surface area contributed by atoms with Crippen molar-refractivity contribution in [3.63, 3.8) is 0 Å². The third-order valence-corrected chi connectivity index (χ3v) is 4.70.